The lowest BCUT2D eigenvalue weighted by Crippen LogP contribution is -2.43. The number of carbonyl (C=O) groups excluding carboxylic acids is 1. The van der Waals surface area contributed by atoms with Crippen LogP contribution in [0.1, 0.15) is 6.42 Å². The van der Waals surface area contributed by atoms with Crippen molar-refractivity contribution in [2.75, 3.05) is 5.75 Å². The van der Waals surface area contributed by atoms with Crippen LogP contribution in [0.25, 0.3) is 0 Å². The molecule has 0 aromatic carbocycles. The molecule has 1 amide bonds. The highest BCUT2D eigenvalue weighted by atomic mass is 32.2. The Labute approximate surface area is 93.7 Å². The fourth-order valence-corrected chi connectivity index (χ4v) is 3.34. The molecule has 0 saturated carbocycles. The number of halogens is 3. The Morgan fingerprint density at radius 2 is 1.82 bits per heavy atom. The first-order valence-corrected chi connectivity index (χ1v) is 6.07. The van der Waals surface area contributed by atoms with Gasteiger partial charge in [0, 0.05) is 6.04 Å². The third kappa shape index (κ3) is 3.08. The van der Waals surface area contributed by atoms with Crippen molar-refractivity contribution in [3.05, 3.63) is 0 Å². The number of carbonyl (C=O) groups is 2. The predicted molar refractivity (Wildman–Crippen MR) is 47.8 cm³/mol. The van der Waals surface area contributed by atoms with Crippen molar-refractivity contribution in [2.45, 2.75) is 23.9 Å². The number of carboxylic acids is 1. The van der Waals surface area contributed by atoms with E-state index in [0.717, 1.165) is 0 Å². The van der Waals surface area contributed by atoms with E-state index in [1.807, 2.05) is 0 Å². The molecule has 0 aromatic rings. The van der Waals surface area contributed by atoms with Gasteiger partial charge in [-0.3, -0.25) is 9.59 Å². The molecule has 10 heteroatoms. The molecule has 2 unspecified atom stereocenters. The van der Waals surface area contributed by atoms with Crippen LogP contribution in [0.3, 0.4) is 0 Å². The third-order valence-electron chi connectivity index (χ3n) is 2.23. The minimum Gasteiger partial charge on any atom is -0.480 e. The van der Waals surface area contributed by atoms with Gasteiger partial charge < -0.3 is 10.4 Å². The number of alkyl halides is 3. The first kappa shape index (κ1) is 13.7. The molecule has 1 heterocycles. The number of aliphatic carboxylic acids is 1. The second-order valence-corrected chi connectivity index (χ2v) is 5.79. The normalized spacial score (nSPS) is 27.7. The maximum absolute atomic E-state index is 11.9. The number of sulfone groups is 1. The van der Waals surface area contributed by atoms with Crippen LogP contribution in [-0.4, -0.2) is 48.6 Å². The molecule has 6 nitrogen and oxygen atoms in total. The van der Waals surface area contributed by atoms with E-state index < -0.39 is 51.4 Å². The molecular formula is C7H8F3NO5S. The number of hydrogen-bond donors (Lipinski definition) is 2. The molecular weight excluding hydrogens is 267 g/mol. The van der Waals surface area contributed by atoms with Gasteiger partial charge in [-0.15, -0.1) is 0 Å². The lowest BCUT2D eigenvalue weighted by Gasteiger charge is -2.12. The summed E-state index contributed by atoms with van der Waals surface area (Å²) in [6.45, 7) is 0. The Bertz CT molecular complexity index is 443. The molecule has 0 aliphatic carbocycles. The Balaban J connectivity index is 2.74. The summed E-state index contributed by atoms with van der Waals surface area (Å²) >= 11 is 0. The van der Waals surface area contributed by atoms with E-state index in [2.05, 4.69) is 0 Å². The lowest BCUT2D eigenvalue weighted by atomic mass is 10.2. The number of rotatable bonds is 2. The van der Waals surface area contributed by atoms with Crippen LogP contribution in [0, 0.1) is 0 Å². The van der Waals surface area contributed by atoms with Gasteiger partial charge >= 0.3 is 18.1 Å². The molecule has 0 aromatic heterocycles. The van der Waals surface area contributed by atoms with Crippen LogP contribution < -0.4 is 5.32 Å². The van der Waals surface area contributed by atoms with Crippen molar-refractivity contribution in [1.82, 2.24) is 5.32 Å². The maximum atomic E-state index is 11.9. The van der Waals surface area contributed by atoms with E-state index in [-0.39, 0.29) is 0 Å². The fraction of sp³-hybridized carbons (Fsp3) is 0.714. The summed E-state index contributed by atoms with van der Waals surface area (Å²) in [6, 6.07) is -1.32. The molecule has 0 bridgehead atoms. The van der Waals surface area contributed by atoms with Gasteiger partial charge in [-0.2, -0.15) is 13.2 Å². The average molecular weight is 275 g/mol. The van der Waals surface area contributed by atoms with Gasteiger partial charge in [-0.1, -0.05) is 0 Å². The summed E-state index contributed by atoms with van der Waals surface area (Å²) in [6.07, 6.45) is -5.68. The lowest BCUT2D eigenvalue weighted by molar-refractivity contribution is -0.174. The van der Waals surface area contributed by atoms with E-state index in [0.29, 0.717) is 0 Å². The van der Waals surface area contributed by atoms with Crippen LogP contribution >= 0.6 is 0 Å². The Kier molecular flexibility index (Phi) is 3.37. The first-order chi connectivity index (χ1) is 7.54. The standard InChI is InChI=1S/C7H8F3NO5S/c8-7(9,10)6(14)11-3-1-4(5(12)13)17(15,16)2-3/h3-4H,1-2H2,(H,11,14)(H,12,13). The van der Waals surface area contributed by atoms with Crippen molar-refractivity contribution in [1.29, 1.82) is 0 Å². The Morgan fingerprint density at radius 3 is 2.18 bits per heavy atom. The largest absolute Gasteiger partial charge is 0.480 e. The van der Waals surface area contributed by atoms with Crippen LogP contribution in [0.5, 0.6) is 0 Å². The van der Waals surface area contributed by atoms with E-state index in [4.69, 9.17) is 5.11 Å². The average Bonchev–Trinajstić information content (AvgIpc) is 2.38. The molecule has 98 valence electrons. The zero-order valence-electron chi connectivity index (χ0n) is 8.19. The molecule has 1 rings (SSSR count). The highest BCUT2D eigenvalue weighted by molar-refractivity contribution is 7.93. The highest BCUT2D eigenvalue weighted by Crippen LogP contribution is 2.22. The molecule has 0 radical (unpaired) electrons. The number of nitrogens with one attached hydrogen (secondary N) is 1. The zero-order chi connectivity index (χ0) is 13.4. The van der Waals surface area contributed by atoms with Crippen molar-refractivity contribution < 1.29 is 36.3 Å². The summed E-state index contributed by atoms with van der Waals surface area (Å²) in [7, 11) is -4.01. The highest BCUT2D eigenvalue weighted by Gasteiger charge is 2.47. The Hall–Kier alpha value is -1.32. The third-order valence-corrected chi connectivity index (χ3v) is 4.36. The van der Waals surface area contributed by atoms with Crippen LogP contribution in [-0.2, 0) is 19.4 Å². The molecule has 1 fully saturated rings. The zero-order valence-corrected chi connectivity index (χ0v) is 9.01. The van der Waals surface area contributed by atoms with Gasteiger partial charge in [0.25, 0.3) is 0 Å². The summed E-state index contributed by atoms with van der Waals surface area (Å²) in [5.74, 6) is -4.70. The van der Waals surface area contributed by atoms with Crippen molar-refractivity contribution >= 4 is 21.7 Å². The monoisotopic (exact) mass is 275 g/mol. The maximum Gasteiger partial charge on any atom is 0.471 e. The summed E-state index contributed by atoms with van der Waals surface area (Å²) in [4.78, 5) is 21.1. The van der Waals surface area contributed by atoms with Crippen LogP contribution in [0.15, 0.2) is 0 Å². The summed E-state index contributed by atoms with van der Waals surface area (Å²) in [5.41, 5.74) is 0. The fourth-order valence-electron chi connectivity index (χ4n) is 1.49. The quantitative estimate of drug-likeness (QED) is 0.694. The number of carboxylic acid groups (broad SMARTS) is 1. The minimum atomic E-state index is -5.12. The van der Waals surface area contributed by atoms with Crippen molar-refractivity contribution in [2.24, 2.45) is 0 Å². The topological polar surface area (TPSA) is 101 Å². The van der Waals surface area contributed by atoms with Gasteiger partial charge in [-0.05, 0) is 6.42 Å². The molecule has 2 atom stereocenters. The van der Waals surface area contributed by atoms with Crippen LogP contribution in [0.2, 0.25) is 0 Å². The van der Waals surface area contributed by atoms with Gasteiger partial charge in [0.2, 0.25) is 0 Å². The first-order valence-electron chi connectivity index (χ1n) is 4.36. The van der Waals surface area contributed by atoms with Gasteiger partial charge in [0.15, 0.2) is 15.1 Å². The second kappa shape index (κ2) is 4.17. The van der Waals surface area contributed by atoms with Gasteiger partial charge in [0.1, 0.15) is 0 Å². The second-order valence-electron chi connectivity index (χ2n) is 3.56. The predicted octanol–water partition coefficient (Wildman–Crippen LogP) is -0.695. The summed E-state index contributed by atoms with van der Waals surface area (Å²) in [5, 5.41) is 8.24. The van der Waals surface area contributed by atoms with Gasteiger partial charge in [0.05, 0.1) is 5.75 Å². The van der Waals surface area contributed by atoms with E-state index in [1.54, 1.807) is 0 Å². The number of hydrogen-bond acceptors (Lipinski definition) is 4. The van der Waals surface area contributed by atoms with Gasteiger partial charge in [-0.25, -0.2) is 8.42 Å². The van der Waals surface area contributed by atoms with E-state index in [9.17, 15) is 31.2 Å². The molecule has 2 N–H and O–H groups in total. The molecule has 0 spiro atoms. The molecule has 17 heavy (non-hydrogen) atoms. The molecule has 1 aliphatic rings. The summed E-state index contributed by atoms with van der Waals surface area (Å²) < 4.78 is 58.1. The Morgan fingerprint density at radius 1 is 1.29 bits per heavy atom. The smallest absolute Gasteiger partial charge is 0.471 e. The SMILES string of the molecule is O=C(O)C1CC(NC(=O)C(F)(F)F)CS1(=O)=O. The van der Waals surface area contributed by atoms with Crippen molar-refractivity contribution in [3.8, 4) is 0 Å². The minimum absolute atomic E-state index is 0.556. The molecule has 1 saturated heterocycles. The molecule has 1 aliphatic heterocycles. The van der Waals surface area contributed by atoms with E-state index in [1.165, 1.54) is 5.32 Å². The number of amides is 1. The van der Waals surface area contributed by atoms with Crippen LogP contribution in [0.4, 0.5) is 13.2 Å². The van der Waals surface area contributed by atoms with E-state index >= 15 is 0 Å². The van der Waals surface area contributed by atoms with Crippen molar-refractivity contribution in [3.63, 3.8) is 0 Å².